The number of aryl methyl sites for hydroxylation is 1. The molecule has 0 aliphatic carbocycles. The Balaban J connectivity index is 1.27. The molecular formula is C22H21N3O3S. The lowest BCUT2D eigenvalue weighted by Gasteiger charge is -2.10. The minimum Gasteiger partial charge on any atom is -0.459 e. The molecule has 4 rings (SSSR count). The molecular weight excluding hydrogens is 386 g/mol. The zero-order valence-electron chi connectivity index (χ0n) is 16.2. The minimum absolute atomic E-state index is 0.0683. The number of amides is 1. The third kappa shape index (κ3) is 4.68. The summed E-state index contributed by atoms with van der Waals surface area (Å²) in [6, 6.07) is 17.5. The zero-order valence-corrected chi connectivity index (χ0v) is 17.0. The summed E-state index contributed by atoms with van der Waals surface area (Å²) < 4.78 is 11.1. The van der Waals surface area contributed by atoms with Gasteiger partial charge in [0.1, 0.15) is 11.3 Å². The number of hydrogen-bond donors (Lipinski definition) is 1. The normalized spacial score (nSPS) is 12.2. The Morgan fingerprint density at radius 3 is 2.76 bits per heavy atom. The van der Waals surface area contributed by atoms with Crippen LogP contribution < -0.4 is 5.32 Å². The SMILES string of the molecule is Cc1ccc(-c2noc(CSCC(=O)NC(C)c3cc4ccccc4o3)n2)cc1. The number of carbonyl (C=O) groups excluding carboxylic acids is 1. The van der Waals surface area contributed by atoms with E-state index < -0.39 is 0 Å². The van der Waals surface area contributed by atoms with Crippen LogP contribution in [0.2, 0.25) is 0 Å². The molecule has 0 spiro atoms. The summed E-state index contributed by atoms with van der Waals surface area (Å²) in [6.45, 7) is 3.94. The first kappa shape index (κ1) is 19.3. The fourth-order valence-corrected chi connectivity index (χ4v) is 3.60. The third-order valence-corrected chi connectivity index (χ3v) is 5.40. The van der Waals surface area contributed by atoms with Crippen LogP contribution in [0, 0.1) is 6.92 Å². The average molecular weight is 407 g/mol. The maximum absolute atomic E-state index is 12.3. The molecule has 1 atom stereocenters. The van der Waals surface area contributed by atoms with Gasteiger partial charge in [-0.15, -0.1) is 11.8 Å². The number of rotatable bonds is 7. The quantitative estimate of drug-likeness (QED) is 0.469. The van der Waals surface area contributed by atoms with Crippen molar-refractivity contribution in [1.29, 1.82) is 0 Å². The van der Waals surface area contributed by atoms with Crippen molar-refractivity contribution >= 4 is 28.6 Å². The van der Waals surface area contributed by atoms with Gasteiger partial charge in [-0.05, 0) is 26.0 Å². The van der Waals surface area contributed by atoms with Gasteiger partial charge in [0, 0.05) is 10.9 Å². The number of hydrogen-bond acceptors (Lipinski definition) is 6. The second-order valence-corrected chi connectivity index (χ2v) is 7.83. The first-order valence-corrected chi connectivity index (χ1v) is 10.5. The molecule has 0 saturated carbocycles. The topological polar surface area (TPSA) is 81.2 Å². The van der Waals surface area contributed by atoms with Crippen LogP contribution in [0.25, 0.3) is 22.4 Å². The molecule has 2 aromatic heterocycles. The maximum Gasteiger partial charge on any atom is 0.236 e. The Morgan fingerprint density at radius 2 is 1.97 bits per heavy atom. The molecule has 4 aromatic rings. The molecule has 0 aliphatic rings. The van der Waals surface area contributed by atoms with Crippen LogP contribution in [0.3, 0.4) is 0 Å². The summed E-state index contributed by atoms with van der Waals surface area (Å²) in [5.41, 5.74) is 2.91. The van der Waals surface area contributed by atoms with E-state index in [1.54, 1.807) is 0 Å². The van der Waals surface area contributed by atoms with Crippen molar-refractivity contribution in [2.75, 3.05) is 5.75 Å². The largest absolute Gasteiger partial charge is 0.459 e. The molecule has 29 heavy (non-hydrogen) atoms. The number of nitrogens with zero attached hydrogens (tertiary/aromatic N) is 2. The predicted octanol–water partition coefficient (Wildman–Crippen LogP) is 4.90. The van der Waals surface area contributed by atoms with Gasteiger partial charge in [0.2, 0.25) is 17.6 Å². The lowest BCUT2D eigenvalue weighted by atomic mass is 10.1. The first-order chi connectivity index (χ1) is 14.1. The lowest BCUT2D eigenvalue weighted by molar-refractivity contribution is -0.119. The summed E-state index contributed by atoms with van der Waals surface area (Å²) in [5.74, 6) is 2.51. The molecule has 7 heteroatoms. The molecule has 0 saturated heterocycles. The molecule has 1 N–H and O–H groups in total. The van der Waals surface area contributed by atoms with Gasteiger partial charge < -0.3 is 14.3 Å². The number of thioether (sulfide) groups is 1. The predicted molar refractivity (Wildman–Crippen MR) is 113 cm³/mol. The van der Waals surface area contributed by atoms with E-state index in [1.807, 2.05) is 68.4 Å². The van der Waals surface area contributed by atoms with Crippen LogP contribution in [0.4, 0.5) is 0 Å². The molecule has 6 nitrogen and oxygen atoms in total. The smallest absolute Gasteiger partial charge is 0.236 e. The van der Waals surface area contributed by atoms with Crippen molar-refractivity contribution in [2.24, 2.45) is 0 Å². The summed E-state index contributed by atoms with van der Waals surface area (Å²) in [6.07, 6.45) is 0. The van der Waals surface area contributed by atoms with Crippen molar-refractivity contribution in [3.8, 4) is 11.4 Å². The van der Waals surface area contributed by atoms with Gasteiger partial charge >= 0.3 is 0 Å². The number of nitrogens with one attached hydrogen (secondary N) is 1. The van der Waals surface area contributed by atoms with Gasteiger partial charge in [-0.3, -0.25) is 4.79 Å². The van der Waals surface area contributed by atoms with Gasteiger partial charge in [-0.1, -0.05) is 53.2 Å². The van der Waals surface area contributed by atoms with E-state index in [2.05, 4.69) is 15.5 Å². The Kier molecular flexibility index (Phi) is 5.67. The van der Waals surface area contributed by atoms with Gasteiger partial charge in [0.05, 0.1) is 17.5 Å². The maximum atomic E-state index is 12.3. The Hall–Kier alpha value is -3.06. The van der Waals surface area contributed by atoms with Crippen LogP contribution in [0.5, 0.6) is 0 Å². The highest BCUT2D eigenvalue weighted by Crippen LogP contribution is 2.24. The van der Waals surface area contributed by atoms with E-state index in [1.165, 1.54) is 17.3 Å². The summed E-state index contributed by atoms with van der Waals surface area (Å²) in [5, 5.41) is 8.00. The average Bonchev–Trinajstić information content (AvgIpc) is 3.35. The van der Waals surface area contributed by atoms with E-state index in [9.17, 15) is 4.79 Å². The highest BCUT2D eigenvalue weighted by Gasteiger charge is 2.15. The van der Waals surface area contributed by atoms with Crippen molar-refractivity contribution in [1.82, 2.24) is 15.5 Å². The molecule has 0 fully saturated rings. The van der Waals surface area contributed by atoms with Crippen molar-refractivity contribution in [3.05, 3.63) is 71.8 Å². The number of carbonyl (C=O) groups is 1. The second-order valence-electron chi connectivity index (χ2n) is 6.85. The highest BCUT2D eigenvalue weighted by molar-refractivity contribution is 7.99. The molecule has 0 radical (unpaired) electrons. The molecule has 0 bridgehead atoms. The third-order valence-electron chi connectivity index (χ3n) is 4.49. The Bertz CT molecular complexity index is 1080. The van der Waals surface area contributed by atoms with Crippen LogP contribution in [0.1, 0.15) is 30.2 Å². The van der Waals surface area contributed by atoms with Crippen molar-refractivity contribution < 1.29 is 13.7 Å². The fraction of sp³-hybridized carbons (Fsp3) is 0.227. The fourth-order valence-electron chi connectivity index (χ4n) is 2.93. The van der Waals surface area contributed by atoms with E-state index in [4.69, 9.17) is 8.94 Å². The van der Waals surface area contributed by atoms with Gasteiger partial charge in [0.25, 0.3) is 0 Å². The lowest BCUT2D eigenvalue weighted by Crippen LogP contribution is -2.28. The van der Waals surface area contributed by atoms with Crippen LogP contribution in [-0.4, -0.2) is 21.8 Å². The van der Waals surface area contributed by atoms with Crippen molar-refractivity contribution in [3.63, 3.8) is 0 Å². The summed E-state index contributed by atoms with van der Waals surface area (Å²) >= 11 is 1.43. The molecule has 2 heterocycles. The second kappa shape index (κ2) is 8.53. The number of fused-ring (bicyclic) bond motifs is 1. The summed E-state index contributed by atoms with van der Waals surface area (Å²) in [4.78, 5) is 16.6. The van der Waals surface area contributed by atoms with E-state index in [0.717, 1.165) is 22.3 Å². The monoisotopic (exact) mass is 407 g/mol. The van der Waals surface area contributed by atoms with Crippen molar-refractivity contribution in [2.45, 2.75) is 25.6 Å². The van der Waals surface area contributed by atoms with E-state index in [0.29, 0.717) is 23.2 Å². The Labute approximate surface area is 172 Å². The molecule has 148 valence electrons. The molecule has 1 unspecified atom stereocenters. The van der Waals surface area contributed by atoms with Gasteiger partial charge in [-0.25, -0.2) is 0 Å². The Morgan fingerprint density at radius 1 is 1.17 bits per heavy atom. The number of benzene rings is 2. The van der Waals surface area contributed by atoms with Gasteiger partial charge in [0.15, 0.2) is 0 Å². The van der Waals surface area contributed by atoms with E-state index >= 15 is 0 Å². The minimum atomic E-state index is -0.202. The van der Waals surface area contributed by atoms with E-state index in [-0.39, 0.29) is 11.9 Å². The summed E-state index contributed by atoms with van der Waals surface area (Å²) in [7, 11) is 0. The number of aromatic nitrogens is 2. The molecule has 1 amide bonds. The van der Waals surface area contributed by atoms with Crippen LogP contribution in [0.15, 0.2) is 63.5 Å². The van der Waals surface area contributed by atoms with Crippen LogP contribution in [-0.2, 0) is 10.5 Å². The highest BCUT2D eigenvalue weighted by atomic mass is 32.2. The van der Waals surface area contributed by atoms with Gasteiger partial charge in [-0.2, -0.15) is 4.98 Å². The van der Waals surface area contributed by atoms with Crippen LogP contribution >= 0.6 is 11.8 Å². The number of para-hydroxylation sites is 1. The standard InChI is InChI=1S/C22H21N3O3S/c1-14-7-9-16(10-8-14)22-24-21(28-25-22)13-29-12-20(26)23-15(2)19-11-17-5-3-4-6-18(17)27-19/h3-11,15H,12-13H2,1-2H3,(H,23,26). The molecule has 2 aromatic carbocycles. The molecule has 0 aliphatic heterocycles. The zero-order chi connectivity index (χ0) is 20.2. The number of furan rings is 1. The first-order valence-electron chi connectivity index (χ1n) is 9.34.